The minimum absolute atomic E-state index is 0.0437. The minimum Gasteiger partial charge on any atom is -0.492 e. The molecule has 0 atom stereocenters. The Kier molecular flexibility index (Phi) is 6.26. The lowest BCUT2D eigenvalue weighted by Gasteiger charge is -2.29. The van der Waals surface area contributed by atoms with Crippen LogP contribution < -0.4 is 10.1 Å². The van der Waals surface area contributed by atoms with Gasteiger partial charge in [0.15, 0.2) is 0 Å². The van der Waals surface area contributed by atoms with Gasteiger partial charge in [0.25, 0.3) is 0 Å². The van der Waals surface area contributed by atoms with Crippen molar-refractivity contribution in [3.63, 3.8) is 0 Å². The quantitative estimate of drug-likeness (QED) is 0.780. The maximum absolute atomic E-state index is 12.1. The Morgan fingerprint density at radius 3 is 2.48 bits per heavy atom. The van der Waals surface area contributed by atoms with Crippen LogP contribution in [0.25, 0.3) is 0 Å². The molecule has 1 aromatic rings. The molecule has 0 unspecified atom stereocenters. The molecular weight excluding hydrogens is 340 g/mol. The molecule has 2 rings (SSSR count). The van der Waals surface area contributed by atoms with Crippen molar-refractivity contribution >= 4 is 27.5 Å². The molecule has 0 saturated carbocycles. The molecule has 6 nitrogen and oxygen atoms in total. The summed E-state index contributed by atoms with van der Waals surface area (Å²) >= 11 is 5.79. The van der Waals surface area contributed by atoms with Crippen LogP contribution in [0.2, 0.25) is 5.02 Å². The molecule has 8 heteroatoms. The fourth-order valence-electron chi connectivity index (χ4n) is 2.47. The second-order valence-electron chi connectivity index (χ2n) is 5.53. The third-order valence-electron chi connectivity index (χ3n) is 3.78. The van der Waals surface area contributed by atoms with E-state index in [1.54, 1.807) is 24.3 Å². The van der Waals surface area contributed by atoms with Gasteiger partial charge >= 0.3 is 0 Å². The molecule has 0 bridgehead atoms. The number of nitrogens with zero attached hydrogens (tertiary/aromatic N) is 1. The maximum atomic E-state index is 12.1. The highest BCUT2D eigenvalue weighted by molar-refractivity contribution is 7.88. The van der Waals surface area contributed by atoms with Crippen molar-refractivity contribution in [2.45, 2.75) is 12.8 Å². The van der Waals surface area contributed by atoms with E-state index in [4.69, 9.17) is 16.3 Å². The van der Waals surface area contributed by atoms with E-state index in [0.717, 1.165) is 0 Å². The standard InChI is InChI=1S/C15H21ClN2O4S/c1-23(20,21)18-9-6-12(7-10-18)15(19)17-8-11-22-14-4-2-13(16)3-5-14/h2-5,12H,6-11H2,1H3,(H,17,19). The number of nitrogens with one attached hydrogen (secondary N) is 1. The highest BCUT2D eigenvalue weighted by Gasteiger charge is 2.28. The summed E-state index contributed by atoms with van der Waals surface area (Å²) in [4.78, 5) is 12.1. The van der Waals surface area contributed by atoms with Gasteiger partial charge in [-0.1, -0.05) is 11.6 Å². The van der Waals surface area contributed by atoms with Crippen molar-refractivity contribution in [2.24, 2.45) is 5.92 Å². The second-order valence-corrected chi connectivity index (χ2v) is 7.95. The van der Waals surface area contributed by atoms with E-state index in [9.17, 15) is 13.2 Å². The zero-order chi connectivity index (χ0) is 16.9. The summed E-state index contributed by atoms with van der Waals surface area (Å²) in [6.45, 7) is 1.58. The number of hydrogen-bond acceptors (Lipinski definition) is 4. The first-order valence-electron chi connectivity index (χ1n) is 7.47. The van der Waals surface area contributed by atoms with E-state index in [1.807, 2.05) is 0 Å². The fourth-order valence-corrected chi connectivity index (χ4v) is 3.47. The SMILES string of the molecule is CS(=O)(=O)N1CCC(C(=O)NCCOc2ccc(Cl)cc2)CC1. The first-order chi connectivity index (χ1) is 10.9. The normalized spacial score (nSPS) is 17.0. The van der Waals surface area contributed by atoms with Gasteiger partial charge in [0, 0.05) is 24.0 Å². The Bertz CT molecular complexity index is 625. The van der Waals surface area contributed by atoms with Crippen molar-refractivity contribution in [3.8, 4) is 5.75 Å². The molecule has 1 N–H and O–H groups in total. The van der Waals surface area contributed by atoms with Crippen LogP contribution in [0.15, 0.2) is 24.3 Å². The average Bonchev–Trinajstić information content (AvgIpc) is 2.52. The zero-order valence-electron chi connectivity index (χ0n) is 13.0. The summed E-state index contributed by atoms with van der Waals surface area (Å²) in [5.74, 6) is 0.520. The molecule has 0 aromatic heterocycles. The monoisotopic (exact) mass is 360 g/mol. The first-order valence-corrected chi connectivity index (χ1v) is 9.70. The van der Waals surface area contributed by atoms with Gasteiger partial charge in [-0.2, -0.15) is 0 Å². The van der Waals surface area contributed by atoms with Crippen LogP contribution in [0.1, 0.15) is 12.8 Å². The maximum Gasteiger partial charge on any atom is 0.223 e. The van der Waals surface area contributed by atoms with Crippen LogP contribution in [-0.2, 0) is 14.8 Å². The van der Waals surface area contributed by atoms with E-state index < -0.39 is 10.0 Å². The lowest BCUT2D eigenvalue weighted by molar-refractivity contribution is -0.126. The van der Waals surface area contributed by atoms with E-state index >= 15 is 0 Å². The number of ether oxygens (including phenoxy) is 1. The third kappa shape index (κ3) is 5.67. The number of rotatable bonds is 6. The van der Waals surface area contributed by atoms with Crippen molar-refractivity contribution in [1.29, 1.82) is 0 Å². The molecule has 1 heterocycles. The fraction of sp³-hybridized carbons (Fsp3) is 0.533. The molecule has 1 aliphatic rings. The number of halogens is 1. The molecular formula is C15H21ClN2O4S. The lowest BCUT2D eigenvalue weighted by Crippen LogP contribution is -2.43. The van der Waals surface area contributed by atoms with Gasteiger partial charge in [-0.25, -0.2) is 12.7 Å². The molecule has 1 amide bonds. The Morgan fingerprint density at radius 2 is 1.91 bits per heavy atom. The highest BCUT2D eigenvalue weighted by Crippen LogP contribution is 2.19. The first kappa shape index (κ1) is 18.0. The van der Waals surface area contributed by atoms with Crippen molar-refractivity contribution in [3.05, 3.63) is 29.3 Å². The van der Waals surface area contributed by atoms with Gasteiger partial charge in [0.05, 0.1) is 12.8 Å². The van der Waals surface area contributed by atoms with Gasteiger partial charge in [0.1, 0.15) is 12.4 Å². The van der Waals surface area contributed by atoms with E-state index in [-0.39, 0.29) is 11.8 Å². The van der Waals surface area contributed by atoms with Crippen LogP contribution in [0, 0.1) is 5.92 Å². The van der Waals surface area contributed by atoms with Gasteiger partial charge in [-0.3, -0.25) is 4.79 Å². The summed E-state index contributed by atoms with van der Waals surface area (Å²) in [7, 11) is -3.16. The number of carbonyl (C=O) groups is 1. The van der Waals surface area contributed by atoms with Gasteiger partial charge in [-0.15, -0.1) is 0 Å². The summed E-state index contributed by atoms with van der Waals surface area (Å²) < 4.78 is 29.8. The topological polar surface area (TPSA) is 75.7 Å². The van der Waals surface area contributed by atoms with Crippen LogP contribution >= 0.6 is 11.6 Å². The summed E-state index contributed by atoms with van der Waals surface area (Å²) in [6, 6.07) is 7.02. The smallest absolute Gasteiger partial charge is 0.223 e. The van der Waals surface area contributed by atoms with E-state index in [0.29, 0.717) is 49.9 Å². The zero-order valence-corrected chi connectivity index (χ0v) is 14.6. The summed E-state index contributed by atoms with van der Waals surface area (Å²) in [6.07, 6.45) is 2.30. The van der Waals surface area contributed by atoms with Crippen molar-refractivity contribution in [1.82, 2.24) is 9.62 Å². The Morgan fingerprint density at radius 1 is 1.30 bits per heavy atom. The van der Waals surface area contributed by atoms with Gasteiger partial charge < -0.3 is 10.1 Å². The minimum atomic E-state index is -3.16. The van der Waals surface area contributed by atoms with Gasteiger partial charge in [0.2, 0.25) is 15.9 Å². The molecule has 1 fully saturated rings. The van der Waals surface area contributed by atoms with Crippen LogP contribution in [0.3, 0.4) is 0 Å². The summed E-state index contributed by atoms with van der Waals surface area (Å²) in [5, 5.41) is 3.47. The summed E-state index contributed by atoms with van der Waals surface area (Å²) in [5.41, 5.74) is 0. The Hall–Kier alpha value is -1.31. The van der Waals surface area contributed by atoms with E-state index in [2.05, 4.69) is 5.32 Å². The van der Waals surface area contributed by atoms with Crippen LogP contribution in [0.4, 0.5) is 0 Å². The molecule has 0 aliphatic carbocycles. The lowest BCUT2D eigenvalue weighted by atomic mass is 9.97. The number of sulfonamides is 1. The average molecular weight is 361 g/mol. The second kappa shape index (κ2) is 7.99. The Labute approximate surface area is 141 Å². The molecule has 1 aromatic carbocycles. The van der Waals surface area contributed by atoms with Crippen molar-refractivity contribution < 1.29 is 17.9 Å². The third-order valence-corrected chi connectivity index (χ3v) is 5.33. The van der Waals surface area contributed by atoms with Crippen molar-refractivity contribution in [2.75, 3.05) is 32.5 Å². The van der Waals surface area contributed by atoms with Gasteiger partial charge in [-0.05, 0) is 37.1 Å². The molecule has 0 radical (unpaired) electrons. The van der Waals surface area contributed by atoms with Crippen LogP contribution in [0.5, 0.6) is 5.75 Å². The predicted octanol–water partition coefficient (Wildman–Crippen LogP) is 1.51. The predicted molar refractivity (Wildman–Crippen MR) is 89.1 cm³/mol. The number of carbonyl (C=O) groups excluding carboxylic acids is 1. The largest absolute Gasteiger partial charge is 0.492 e. The Balaban J connectivity index is 1.67. The number of benzene rings is 1. The number of hydrogen-bond donors (Lipinski definition) is 1. The highest BCUT2D eigenvalue weighted by atomic mass is 35.5. The molecule has 23 heavy (non-hydrogen) atoms. The van der Waals surface area contributed by atoms with E-state index in [1.165, 1.54) is 10.6 Å². The molecule has 128 valence electrons. The van der Waals surface area contributed by atoms with Crippen LogP contribution in [-0.4, -0.2) is 51.1 Å². The number of amides is 1. The molecule has 0 spiro atoms. The molecule has 1 saturated heterocycles. The molecule has 1 aliphatic heterocycles. The number of piperidine rings is 1.